The molecule has 0 aromatic heterocycles. The number of allylic oxidation sites excluding steroid dienone is 2. The van der Waals surface area contributed by atoms with Gasteiger partial charge in [0.2, 0.25) is 0 Å². The fraction of sp³-hybridized carbons (Fsp3) is 0.912. The summed E-state index contributed by atoms with van der Waals surface area (Å²) in [7, 11) is 0. The molecule has 0 aliphatic carbocycles. The van der Waals surface area contributed by atoms with Gasteiger partial charge in [-0.1, -0.05) is 264 Å². The molecule has 0 spiro atoms. The zero-order valence-corrected chi connectivity index (χ0v) is 42.6. The van der Waals surface area contributed by atoms with E-state index >= 15 is 0 Å². The van der Waals surface area contributed by atoms with Crippen LogP contribution in [0, 0.1) is 0 Å². The van der Waals surface area contributed by atoms with Gasteiger partial charge >= 0.3 is 17.9 Å². The Balaban J connectivity index is 4.31. The average Bonchev–Trinajstić information content (AvgIpc) is 3.28. The predicted molar refractivity (Wildman–Crippen MR) is 270 cm³/mol. The predicted octanol–water partition coefficient (Wildman–Crippen LogP) is 18.5. The molecule has 0 aromatic carbocycles. The number of ether oxygens (including phenoxy) is 3. The summed E-state index contributed by atoms with van der Waals surface area (Å²) in [6, 6.07) is 0. The zero-order chi connectivity index (χ0) is 45.8. The molecule has 6 nitrogen and oxygen atoms in total. The zero-order valence-electron chi connectivity index (χ0n) is 42.6. The van der Waals surface area contributed by atoms with Crippen LogP contribution >= 0.6 is 0 Å². The van der Waals surface area contributed by atoms with Gasteiger partial charge in [0.05, 0.1) is 0 Å². The van der Waals surface area contributed by atoms with Crippen molar-refractivity contribution in [1.29, 1.82) is 0 Å². The summed E-state index contributed by atoms with van der Waals surface area (Å²) in [6.45, 7) is 6.68. The van der Waals surface area contributed by atoms with E-state index in [9.17, 15) is 14.4 Å². The number of hydrogen-bond donors (Lipinski definition) is 0. The van der Waals surface area contributed by atoms with E-state index in [1.807, 2.05) is 0 Å². The van der Waals surface area contributed by atoms with E-state index < -0.39 is 6.10 Å². The monoisotopic (exact) mass is 889 g/mol. The molecule has 0 aromatic rings. The second-order valence-electron chi connectivity index (χ2n) is 19.2. The molecular weight excluding hydrogens is 781 g/mol. The van der Waals surface area contributed by atoms with Crippen molar-refractivity contribution in [1.82, 2.24) is 0 Å². The molecule has 0 aliphatic heterocycles. The second kappa shape index (κ2) is 52.8. The molecule has 0 amide bonds. The highest BCUT2D eigenvalue weighted by molar-refractivity contribution is 5.71. The minimum Gasteiger partial charge on any atom is -0.462 e. The molecule has 0 N–H and O–H groups in total. The van der Waals surface area contributed by atoms with E-state index in [2.05, 4.69) is 32.9 Å². The maximum Gasteiger partial charge on any atom is 0.306 e. The molecule has 0 bridgehead atoms. The van der Waals surface area contributed by atoms with Gasteiger partial charge in [0, 0.05) is 19.3 Å². The molecule has 0 saturated carbocycles. The third-order valence-corrected chi connectivity index (χ3v) is 12.8. The second-order valence-corrected chi connectivity index (χ2v) is 19.2. The molecule has 0 heterocycles. The van der Waals surface area contributed by atoms with Gasteiger partial charge in [0.15, 0.2) is 6.10 Å². The van der Waals surface area contributed by atoms with Gasteiger partial charge in [-0.15, -0.1) is 0 Å². The molecule has 6 heteroatoms. The minimum atomic E-state index is -0.768. The molecule has 0 saturated heterocycles. The lowest BCUT2D eigenvalue weighted by atomic mass is 10.0. The molecule has 0 fully saturated rings. The van der Waals surface area contributed by atoms with Crippen molar-refractivity contribution in [3.8, 4) is 0 Å². The number of unbranched alkanes of at least 4 members (excludes halogenated alkanes) is 39. The summed E-state index contributed by atoms with van der Waals surface area (Å²) in [4.78, 5) is 38.1. The first-order valence-electron chi connectivity index (χ1n) is 28.2. The number of hydrogen-bond acceptors (Lipinski definition) is 6. The van der Waals surface area contributed by atoms with Crippen LogP contribution in [-0.2, 0) is 28.6 Å². The Bertz CT molecular complexity index is 978. The highest BCUT2D eigenvalue weighted by Crippen LogP contribution is 2.17. The van der Waals surface area contributed by atoms with Crippen LogP contribution in [0.3, 0.4) is 0 Å². The van der Waals surface area contributed by atoms with Gasteiger partial charge in [-0.25, -0.2) is 0 Å². The van der Waals surface area contributed by atoms with Gasteiger partial charge in [0.25, 0.3) is 0 Å². The Labute approximate surface area is 392 Å². The van der Waals surface area contributed by atoms with E-state index in [1.165, 1.54) is 212 Å². The van der Waals surface area contributed by atoms with Crippen molar-refractivity contribution < 1.29 is 28.6 Å². The average molecular weight is 889 g/mol. The topological polar surface area (TPSA) is 78.9 Å². The number of carbonyl (C=O) groups is 3. The van der Waals surface area contributed by atoms with E-state index in [1.54, 1.807) is 0 Å². The lowest BCUT2D eigenvalue weighted by Crippen LogP contribution is -2.30. The van der Waals surface area contributed by atoms with Gasteiger partial charge in [0.1, 0.15) is 13.2 Å². The normalized spacial score (nSPS) is 12.0. The van der Waals surface area contributed by atoms with Crippen molar-refractivity contribution in [3.63, 3.8) is 0 Å². The summed E-state index contributed by atoms with van der Waals surface area (Å²) in [5, 5.41) is 0. The SMILES string of the molecule is CCCCCCCCC=CCCCCCCCC(=O)OC(COC(=O)CCCCCCCCCCCCCCC)COC(=O)CCCCCCCCCCCCCCCCCCC. The summed E-state index contributed by atoms with van der Waals surface area (Å²) in [6.07, 6.45) is 59.1. The Hall–Kier alpha value is -1.85. The van der Waals surface area contributed by atoms with Crippen molar-refractivity contribution in [2.75, 3.05) is 13.2 Å². The van der Waals surface area contributed by atoms with Crippen LogP contribution in [-0.4, -0.2) is 37.2 Å². The quantitative estimate of drug-likeness (QED) is 0.0262. The van der Waals surface area contributed by atoms with E-state index in [0.717, 1.165) is 64.2 Å². The maximum atomic E-state index is 12.8. The summed E-state index contributed by atoms with van der Waals surface area (Å²) >= 11 is 0. The lowest BCUT2D eigenvalue weighted by molar-refractivity contribution is -0.167. The smallest absolute Gasteiger partial charge is 0.306 e. The van der Waals surface area contributed by atoms with Crippen LogP contribution in [0.25, 0.3) is 0 Å². The summed E-state index contributed by atoms with van der Waals surface area (Å²) in [5.41, 5.74) is 0. The Morgan fingerprint density at radius 2 is 0.524 bits per heavy atom. The third kappa shape index (κ3) is 51.0. The third-order valence-electron chi connectivity index (χ3n) is 12.8. The van der Waals surface area contributed by atoms with Crippen LogP contribution < -0.4 is 0 Å². The standard InChI is InChI=1S/C57H108O6/c1-4-7-10-13-16-19-22-25-27-28-30-32-35-38-41-44-47-50-56(59)62-53-54(52-61-55(58)49-46-43-40-37-34-31-24-21-18-15-12-9-6-3)63-57(60)51-48-45-42-39-36-33-29-26-23-20-17-14-11-8-5-2/h26,29,54H,4-25,27-28,30-53H2,1-3H3. The van der Waals surface area contributed by atoms with Crippen LogP contribution in [0.1, 0.15) is 316 Å². The van der Waals surface area contributed by atoms with Crippen LogP contribution in [0.5, 0.6) is 0 Å². The highest BCUT2D eigenvalue weighted by atomic mass is 16.6. The van der Waals surface area contributed by atoms with Crippen LogP contribution in [0.15, 0.2) is 12.2 Å². The first-order chi connectivity index (χ1) is 31.0. The summed E-state index contributed by atoms with van der Waals surface area (Å²) < 4.78 is 16.9. The van der Waals surface area contributed by atoms with Crippen LogP contribution in [0.2, 0.25) is 0 Å². The van der Waals surface area contributed by atoms with Crippen molar-refractivity contribution in [3.05, 3.63) is 12.2 Å². The minimum absolute atomic E-state index is 0.0675. The summed E-state index contributed by atoms with van der Waals surface area (Å²) in [5.74, 6) is -0.854. The number of carbonyl (C=O) groups excluding carboxylic acids is 3. The Morgan fingerprint density at radius 3 is 0.794 bits per heavy atom. The molecule has 372 valence electrons. The van der Waals surface area contributed by atoms with E-state index in [4.69, 9.17) is 14.2 Å². The highest BCUT2D eigenvalue weighted by Gasteiger charge is 2.19. The molecule has 63 heavy (non-hydrogen) atoms. The van der Waals surface area contributed by atoms with Crippen molar-refractivity contribution >= 4 is 17.9 Å². The van der Waals surface area contributed by atoms with Gasteiger partial charge in [-0.2, -0.15) is 0 Å². The first kappa shape index (κ1) is 61.1. The van der Waals surface area contributed by atoms with Crippen LogP contribution in [0.4, 0.5) is 0 Å². The Morgan fingerprint density at radius 1 is 0.302 bits per heavy atom. The molecule has 0 aliphatic rings. The molecule has 1 unspecified atom stereocenters. The Kier molecular flexibility index (Phi) is 51.2. The van der Waals surface area contributed by atoms with Gasteiger partial charge in [-0.05, 0) is 44.9 Å². The first-order valence-corrected chi connectivity index (χ1v) is 28.2. The fourth-order valence-corrected chi connectivity index (χ4v) is 8.50. The lowest BCUT2D eigenvalue weighted by Gasteiger charge is -2.18. The van der Waals surface area contributed by atoms with E-state index in [0.29, 0.717) is 19.3 Å². The van der Waals surface area contributed by atoms with E-state index in [-0.39, 0.29) is 31.1 Å². The molecule has 0 radical (unpaired) electrons. The van der Waals surface area contributed by atoms with Gasteiger partial charge in [-0.3, -0.25) is 14.4 Å². The van der Waals surface area contributed by atoms with Crippen molar-refractivity contribution in [2.45, 2.75) is 322 Å². The van der Waals surface area contributed by atoms with Crippen molar-refractivity contribution in [2.24, 2.45) is 0 Å². The fourth-order valence-electron chi connectivity index (χ4n) is 8.50. The molecule has 0 rings (SSSR count). The number of rotatable bonds is 52. The number of esters is 3. The largest absolute Gasteiger partial charge is 0.462 e. The molecular formula is C57H108O6. The van der Waals surface area contributed by atoms with Gasteiger partial charge < -0.3 is 14.2 Å². The maximum absolute atomic E-state index is 12.8. The molecule has 1 atom stereocenters.